The van der Waals surface area contributed by atoms with Crippen molar-refractivity contribution in [2.45, 2.75) is 6.42 Å². The van der Waals surface area contributed by atoms with Gasteiger partial charge in [-0.15, -0.1) is 0 Å². The molecule has 1 amide bonds. The van der Waals surface area contributed by atoms with Gasteiger partial charge in [0.1, 0.15) is 4.32 Å². The number of carbonyl (C=O) groups is 1. The summed E-state index contributed by atoms with van der Waals surface area (Å²) in [6.07, 6.45) is 2.33. The summed E-state index contributed by atoms with van der Waals surface area (Å²) >= 11 is 12.3. The number of benzene rings is 1. The van der Waals surface area contributed by atoms with Crippen LogP contribution in [0.3, 0.4) is 0 Å². The van der Waals surface area contributed by atoms with E-state index in [-0.39, 0.29) is 12.5 Å². The zero-order valence-corrected chi connectivity index (χ0v) is 12.4. The van der Waals surface area contributed by atoms with Gasteiger partial charge in [-0.25, -0.2) is 0 Å². The van der Waals surface area contributed by atoms with Gasteiger partial charge in [-0.2, -0.15) is 0 Å². The summed E-state index contributed by atoms with van der Waals surface area (Å²) in [7, 11) is 0. The highest BCUT2D eigenvalue weighted by Crippen LogP contribution is 2.32. The van der Waals surface area contributed by atoms with Crippen molar-refractivity contribution in [3.63, 3.8) is 0 Å². The fraction of sp³-hybridized carbons (Fsp3) is 0.231. The normalized spacial score (nSPS) is 17.6. The highest BCUT2D eigenvalue weighted by atomic mass is 35.5. The van der Waals surface area contributed by atoms with Crippen LogP contribution in [-0.2, 0) is 4.79 Å². The first-order chi connectivity index (χ1) is 9.11. The first-order valence-corrected chi connectivity index (χ1v) is 7.34. The smallest absolute Gasteiger partial charge is 0.266 e. The molecule has 3 nitrogen and oxygen atoms in total. The Morgan fingerprint density at radius 1 is 1.37 bits per heavy atom. The molecule has 0 unspecified atom stereocenters. The van der Waals surface area contributed by atoms with E-state index in [9.17, 15) is 4.79 Å². The standard InChI is InChI=1S/C13H12ClNO2S2/c14-10-4-2-9(3-5-10)8-11-12(17)15(6-1-7-16)13(18)19-11/h2-5,8,16H,1,6-7H2/b11-8-. The van der Waals surface area contributed by atoms with Crippen LogP contribution in [0.1, 0.15) is 12.0 Å². The quantitative estimate of drug-likeness (QED) is 0.685. The van der Waals surface area contributed by atoms with E-state index in [1.54, 1.807) is 18.2 Å². The number of thioether (sulfide) groups is 1. The molecule has 0 aromatic heterocycles. The SMILES string of the molecule is O=C1/C(=C/c2ccc(Cl)cc2)SC(=S)N1CCCO. The number of thiocarbonyl (C=S) groups is 1. The van der Waals surface area contributed by atoms with Gasteiger partial charge in [0, 0.05) is 18.2 Å². The molecule has 0 spiro atoms. The summed E-state index contributed by atoms with van der Waals surface area (Å²) < 4.78 is 0.540. The van der Waals surface area contributed by atoms with E-state index in [0.717, 1.165) is 5.56 Å². The summed E-state index contributed by atoms with van der Waals surface area (Å²) in [4.78, 5) is 14.3. The van der Waals surface area contributed by atoms with Crippen molar-refractivity contribution < 1.29 is 9.90 Å². The van der Waals surface area contributed by atoms with Gasteiger partial charge in [0.2, 0.25) is 0 Å². The fourth-order valence-corrected chi connectivity index (χ4v) is 3.07. The Kier molecular flexibility index (Phi) is 4.99. The first kappa shape index (κ1) is 14.5. The van der Waals surface area contributed by atoms with Crippen LogP contribution in [0.25, 0.3) is 6.08 Å². The van der Waals surface area contributed by atoms with Gasteiger partial charge in [0.15, 0.2) is 0 Å². The van der Waals surface area contributed by atoms with E-state index in [4.69, 9.17) is 28.9 Å². The molecule has 2 rings (SSSR count). The van der Waals surface area contributed by atoms with Gasteiger partial charge in [-0.05, 0) is 30.2 Å². The third-order valence-electron chi connectivity index (χ3n) is 2.58. The highest BCUT2D eigenvalue weighted by Gasteiger charge is 2.31. The lowest BCUT2D eigenvalue weighted by atomic mass is 10.2. The molecule has 1 heterocycles. The molecule has 1 aromatic rings. The predicted molar refractivity (Wildman–Crippen MR) is 83.0 cm³/mol. The van der Waals surface area contributed by atoms with E-state index in [1.807, 2.05) is 12.1 Å². The second kappa shape index (κ2) is 6.52. The maximum Gasteiger partial charge on any atom is 0.266 e. The largest absolute Gasteiger partial charge is 0.396 e. The molecule has 0 aliphatic carbocycles. The van der Waals surface area contributed by atoms with Crippen molar-refractivity contribution in [1.29, 1.82) is 0 Å². The molecule has 19 heavy (non-hydrogen) atoms. The number of hydrogen-bond donors (Lipinski definition) is 1. The molecule has 100 valence electrons. The van der Waals surface area contributed by atoms with E-state index in [0.29, 0.717) is 27.2 Å². The molecule has 1 aliphatic heterocycles. The summed E-state index contributed by atoms with van der Waals surface area (Å²) in [6.45, 7) is 0.506. The average Bonchev–Trinajstić information content (AvgIpc) is 2.65. The number of halogens is 1. The number of nitrogens with zero attached hydrogens (tertiary/aromatic N) is 1. The molecule has 0 saturated carbocycles. The van der Waals surface area contributed by atoms with Crippen LogP contribution in [0.2, 0.25) is 5.02 Å². The van der Waals surface area contributed by atoms with Crippen molar-refractivity contribution >= 4 is 51.9 Å². The van der Waals surface area contributed by atoms with Crippen LogP contribution < -0.4 is 0 Å². The van der Waals surface area contributed by atoms with Crippen molar-refractivity contribution in [3.05, 3.63) is 39.8 Å². The van der Waals surface area contributed by atoms with Crippen LogP contribution >= 0.6 is 35.6 Å². The van der Waals surface area contributed by atoms with Crippen molar-refractivity contribution in [3.8, 4) is 0 Å². The Morgan fingerprint density at radius 2 is 2.05 bits per heavy atom. The third-order valence-corrected chi connectivity index (χ3v) is 4.21. The third kappa shape index (κ3) is 3.57. The van der Waals surface area contributed by atoms with Gasteiger partial charge in [0.05, 0.1) is 4.91 Å². The van der Waals surface area contributed by atoms with Crippen LogP contribution in [0.4, 0.5) is 0 Å². The predicted octanol–water partition coefficient (Wildman–Crippen LogP) is 2.92. The Bertz CT molecular complexity index is 528. The Morgan fingerprint density at radius 3 is 2.68 bits per heavy atom. The molecule has 0 atom stereocenters. The number of amides is 1. The zero-order valence-electron chi connectivity index (χ0n) is 10.0. The number of rotatable bonds is 4. The maximum absolute atomic E-state index is 12.1. The van der Waals surface area contributed by atoms with Crippen LogP contribution in [0, 0.1) is 0 Å². The monoisotopic (exact) mass is 313 g/mol. The van der Waals surface area contributed by atoms with E-state index in [1.165, 1.54) is 16.7 Å². The Balaban J connectivity index is 2.16. The summed E-state index contributed by atoms with van der Waals surface area (Å²) in [6, 6.07) is 7.25. The average molecular weight is 314 g/mol. The minimum atomic E-state index is -0.0987. The Labute approximate surface area is 126 Å². The van der Waals surface area contributed by atoms with Crippen LogP contribution in [-0.4, -0.2) is 33.4 Å². The van der Waals surface area contributed by atoms with Gasteiger partial charge in [0.25, 0.3) is 5.91 Å². The lowest BCUT2D eigenvalue weighted by Gasteiger charge is -2.12. The number of carbonyl (C=O) groups excluding carboxylic acids is 1. The lowest BCUT2D eigenvalue weighted by Crippen LogP contribution is -2.29. The molecule has 1 aliphatic rings. The minimum absolute atomic E-state index is 0.0489. The van der Waals surface area contributed by atoms with E-state index < -0.39 is 0 Å². The fourth-order valence-electron chi connectivity index (χ4n) is 1.63. The van der Waals surface area contributed by atoms with Gasteiger partial charge < -0.3 is 5.11 Å². The molecule has 0 radical (unpaired) electrons. The summed E-state index contributed by atoms with van der Waals surface area (Å²) in [5.41, 5.74) is 0.909. The topological polar surface area (TPSA) is 40.5 Å². The lowest BCUT2D eigenvalue weighted by molar-refractivity contribution is -0.122. The molecule has 1 saturated heterocycles. The van der Waals surface area contributed by atoms with Crippen molar-refractivity contribution in [2.24, 2.45) is 0 Å². The highest BCUT2D eigenvalue weighted by molar-refractivity contribution is 8.26. The second-order valence-electron chi connectivity index (χ2n) is 3.96. The van der Waals surface area contributed by atoms with Gasteiger partial charge in [-0.3, -0.25) is 9.69 Å². The molecule has 1 aromatic carbocycles. The van der Waals surface area contributed by atoms with Crippen LogP contribution in [0.15, 0.2) is 29.2 Å². The van der Waals surface area contributed by atoms with Crippen molar-refractivity contribution in [2.75, 3.05) is 13.2 Å². The zero-order chi connectivity index (χ0) is 13.8. The van der Waals surface area contributed by atoms with Gasteiger partial charge in [-0.1, -0.05) is 47.7 Å². The van der Waals surface area contributed by atoms with E-state index >= 15 is 0 Å². The van der Waals surface area contributed by atoms with Gasteiger partial charge >= 0.3 is 0 Å². The van der Waals surface area contributed by atoms with E-state index in [2.05, 4.69) is 0 Å². The number of hydrogen-bond acceptors (Lipinski definition) is 4. The summed E-state index contributed by atoms with van der Waals surface area (Å²) in [5, 5.41) is 9.47. The van der Waals surface area contributed by atoms with Crippen molar-refractivity contribution in [1.82, 2.24) is 4.90 Å². The second-order valence-corrected chi connectivity index (χ2v) is 6.07. The molecule has 1 N–H and O–H groups in total. The number of aliphatic hydroxyl groups excluding tert-OH is 1. The molecule has 0 bridgehead atoms. The Hall–Kier alpha value is -0.880. The molecular formula is C13H12ClNO2S2. The summed E-state index contributed by atoms with van der Waals surface area (Å²) in [5.74, 6) is -0.0987. The van der Waals surface area contributed by atoms with Crippen LogP contribution in [0.5, 0.6) is 0 Å². The molecule has 6 heteroatoms. The first-order valence-electron chi connectivity index (χ1n) is 5.73. The number of aliphatic hydroxyl groups is 1. The molecular weight excluding hydrogens is 302 g/mol. The minimum Gasteiger partial charge on any atom is -0.396 e. The maximum atomic E-state index is 12.1. The molecule has 1 fully saturated rings.